The fourth-order valence-corrected chi connectivity index (χ4v) is 5.27. The van der Waals surface area contributed by atoms with Crippen LogP contribution in [0.3, 0.4) is 0 Å². The summed E-state index contributed by atoms with van der Waals surface area (Å²) >= 11 is 1.63. The fourth-order valence-electron chi connectivity index (χ4n) is 4.46. The maximum atomic E-state index is 13.3. The van der Waals surface area contributed by atoms with Gasteiger partial charge in [0.1, 0.15) is 11.8 Å². The largest absolute Gasteiger partial charge is 0.360 e. The minimum Gasteiger partial charge on any atom is -0.360 e. The molecule has 0 saturated carbocycles. The number of aryl methyl sites for hydroxylation is 3. The summed E-state index contributed by atoms with van der Waals surface area (Å²) in [6, 6.07) is 7.62. The number of thiazole rings is 1. The predicted molar refractivity (Wildman–Crippen MR) is 128 cm³/mol. The van der Waals surface area contributed by atoms with Crippen LogP contribution in [0.25, 0.3) is 10.4 Å². The number of carbonyl (C=O) groups is 2. The van der Waals surface area contributed by atoms with Crippen molar-refractivity contribution in [3.8, 4) is 10.4 Å². The number of rotatable bonds is 7. The van der Waals surface area contributed by atoms with Crippen LogP contribution >= 0.6 is 11.3 Å². The third kappa shape index (κ3) is 4.85. The number of amides is 2. The average molecular weight is 467 g/mol. The first-order chi connectivity index (χ1) is 15.9. The molecule has 4 rings (SSSR count). The third-order valence-corrected chi connectivity index (χ3v) is 7.32. The van der Waals surface area contributed by atoms with Crippen LogP contribution in [0.2, 0.25) is 0 Å². The molecule has 1 N–H and O–H groups in total. The van der Waals surface area contributed by atoms with Gasteiger partial charge in [-0.3, -0.25) is 9.59 Å². The Morgan fingerprint density at radius 3 is 2.73 bits per heavy atom. The highest BCUT2D eigenvalue weighted by molar-refractivity contribution is 7.13. The molecule has 1 fully saturated rings. The van der Waals surface area contributed by atoms with Crippen LogP contribution in [0.1, 0.15) is 60.4 Å². The van der Waals surface area contributed by atoms with Crippen molar-refractivity contribution < 1.29 is 14.1 Å². The molecule has 0 bridgehead atoms. The number of nitrogens with zero attached hydrogens (tertiary/aromatic N) is 3. The van der Waals surface area contributed by atoms with E-state index in [1.807, 2.05) is 26.3 Å². The molecule has 7 nitrogen and oxygen atoms in total. The summed E-state index contributed by atoms with van der Waals surface area (Å²) < 4.78 is 5.35. The highest BCUT2D eigenvalue weighted by Crippen LogP contribution is 2.30. The molecule has 3 aromatic rings. The smallest absolute Gasteiger partial charge is 0.243 e. The lowest BCUT2D eigenvalue weighted by Gasteiger charge is -2.27. The van der Waals surface area contributed by atoms with Crippen molar-refractivity contribution in [3.05, 3.63) is 58.1 Å². The van der Waals surface area contributed by atoms with Gasteiger partial charge in [-0.05, 0) is 56.7 Å². The van der Waals surface area contributed by atoms with E-state index < -0.39 is 12.0 Å². The predicted octanol–water partition coefficient (Wildman–Crippen LogP) is 4.52. The lowest BCUT2D eigenvalue weighted by molar-refractivity contribution is -0.140. The van der Waals surface area contributed by atoms with Gasteiger partial charge >= 0.3 is 0 Å². The monoisotopic (exact) mass is 466 g/mol. The van der Waals surface area contributed by atoms with Crippen LogP contribution in [0.15, 0.2) is 34.3 Å². The van der Waals surface area contributed by atoms with E-state index >= 15 is 0 Å². The molecule has 2 atom stereocenters. The maximum absolute atomic E-state index is 13.3. The van der Waals surface area contributed by atoms with E-state index in [1.54, 1.807) is 22.3 Å². The molecular formula is C25H30N4O3S. The Hall–Kier alpha value is -3.00. The third-order valence-electron chi connectivity index (χ3n) is 6.34. The minimum absolute atomic E-state index is 0.0632. The van der Waals surface area contributed by atoms with Crippen LogP contribution in [0, 0.1) is 20.8 Å². The molecule has 0 radical (unpaired) electrons. The summed E-state index contributed by atoms with van der Waals surface area (Å²) in [6.45, 7) is 8.87. The fraction of sp³-hybridized carbons (Fsp3) is 0.440. The standard InChI is InChI=1S/C25H30N4O3S/c1-5-20(22-12-16(3)28-32-22)25(31)29-10-6-7-21(29)24(30)26-13-19-9-8-18(11-15(19)2)23-17(4)27-14-33-23/h8-9,11-12,14,20-21H,5-7,10,13H2,1-4H3,(H,26,30). The Kier molecular flexibility index (Phi) is 6.93. The molecule has 3 heterocycles. The van der Waals surface area contributed by atoms with Gasteiger partial charge in [0.2, 0.25) is 11.8 Å². The summed E-state index contributed by atoms with van der Waals surface area (Å²) in [4.78, 5) is 33.5. The second-order valence-corrected chi connectivity index (χ2v) is 9.50. The van der Waals surface area contributed by atoms with E-state index in [0.29, 0.717) is 31.7 Å². The molecule has 0 aliphatic carbocycles. The molecule has 2 unspecified atom stereocenters. The summed E-state index contributed by atoms with van der Waals surface area (Å²) in [5, 5.41) is 6.97. The zero-order chi connectivity index (χ0) is 23.5. The Labute approximate surface area is 198 Å². The summed E-state index contributed by atoms with van der Waals surface area (Å²) in [5.74, 6) is -0.0134. The Morgan fingerprint density at radius 1 is 1.27 bits per heavy atom. The first kappa shape index (κ1) is 23.2. The topological polar surface area (TPSA) is 88.3 Å². The Morgan fingerprint density at radius 2 is 2.09 bits per heavy atom. The molecule has 174 valence electrons. The highest BCUT2D eigenvalue weighted by atomic mass is 32.1. The number of carbonyl (C=O) groups excluding carboxylic acids is 2. The minimum atomic E-state index is -0.449. The normalized spacial score (nSPS) is 16.7. The first-order valence-electron chi connectivity index (χ1n) is 11.4. The first-order valence-corrected chi connectivity index (χ1v) is 12.3. The second-order valence-electron chi connectivity index (χ2n) is 8.65. The molecule has 1 aliphatic rings. The number of hydrogen-bond donors (Lipinski definition) is 1. The molecule has 8 heteroatoms. The van der Waals surface area contributed by atoms with Gasteiger partial charge in [0, 0.05) is 19.2 Å². The molecule has 1 aliphatic heterocycles. The number of likely N-dealkylation sites (tertiary alicyclic amines) is 1. The van der Waals surface area contributed by atoms with Crippen LogP contribution < -0.4 is 5.32 Å². The van der Waals surface area contributed by atoms with Gasteiger partial charge in [0.15, 0.2) is 0 Å². The van der Waals surface area contributed by atoms with Crippen molar-refractivity contribution in [1.29, 1.82) is 0 Å². The van der Waals surface area contributed by atoms with E-state index in [0.717, 1.165) is 34.5 Å². The lowest BCUT2D eigenvalue weighted by Crippen LogP contribution is -2.47. The highest BCUT2D eigenvalue weighted by Gasteiger charge is 2.38. The summed E-state index contributed by atoms with van der Waals surface area (Å²) in [5.41, 5.74) is 6.95. The van der Waals surface area contributed by atoms with Gasteiger partial charge < -0.3 is 14.7 Å². The van der Waals surface area contributed by atoms with Crippen LogP contribution in [0.4, 0.5) is 0 Å². The van der Waals surface area contributed by atoms with E-state index in [4.69, 9.17) is 4.52 Å². The van der Waals surface area contributed by atoms with Crippen molar-refractivity contribution in [2.75, 3.05) is 6.54 Å². The molecule has 0 spiro atoms. The SMILES string of the molecule is CCC(C(=O)N1CCCC1C(=O)NCc1ccc(-c2scnc2C)cc1C)c1cc(C)no1. The van der Waals surface area contributed by atoms with E-state index in [2.05, 4.69) is 40.6 Å². The van der Waals surface area contributed by atoms with Gasteiger partial charge in [-0.2, -0.15) is 0 Å². The number of hydrogen-bond acceptors (Lipinski definition) is 6. The quantitative estimate of drug-likeness (QED) is 0.553. The number of benzene rings is 1. The second kappa shape index (κ2) is 9.87. The van der Waals surface area contributed by atoms with Crippen molar-refractivity contribution in [1.82, 2.24) is 20.4 Å². The molecule has 2 amide bonds. The van der Waals surface area contributed by atoms with Crippen LogP contribution in [-0.4, -0.2) is 39.4 Å². The molecule has 1 saturated heterocycles. The van der Waals surface area contributed by atoms with Gasteiger partial charge in [-0.25, -0.2) is 4.98 Å². The number of nitrogens with one attached hydrogen (secondary N) is 1. The van der Waals surface area contributed by atoms with Gasteiger partial charge in [-0.1, -0.05) is 30.3 Å². The molecule has 33 heavy (non-hydrogen) atoms. The van der Waals surface area contributed by atoms with Crippen molar-refractivity contribution in [2.45, 2.75) is 65.5 Å². The van der Waals surface area contributed by atoms with Gasteiger partial charge in [0.05, 0.1) is 27.7 Å². The van der Waals surface area contributed by atoms with E-state index in [1.165, 1.54) is 4.88 Å². The van der Waals surface area contributed by atoms with Crippen molar-refractivity contribution in [2.24, 2.45) is 0 Å². The zero-order valence-corrected chi connectivity index (χ0v) is 20.4. The molecular weight excluding hydrogens is 436 g/mol. The average Bonchev–Trinajstić information content (AvgIpc) is 3.54. The summed E-state index contributed by atoms with van der Waals surface area (Å²) in [7, 11) is 0. The zero-order valence-electron chi connectivity index (χ0n) is 19.6. The van der Waals surface area contributed by atoms with E-state index in [-0.39, 0.29) is 11.8 Å². The summed E-state index contributed by atoms with van der Waals surface area (Å²) in [6.07, 6.45) is 2.09. The van der Waals surface area contributed by atoms with Crippen LogP contribution in [-0.2, 0) is 16.1 Å². The molecule has 2 aromatic heterocycles. The van der Waals surface area contributed by atoms with E-state index in [9.17, 15) is 9.59 Å². The van der Waals surface area contributed by atoms with Gasteiger partial charge in [-0.15, -0.1) is 11.3 Å². The Bertz CT molecular complexity index is 1150. The number of aromatic nitrogens is 2. The van der Waals surface area contributed by atoms with Crippen molar-refractivity contribution >= 4 is 23.2 Å². The van der Waals surface area contributed by atoms with Crippen molar-refractivity contribution in [3.63, 3.8) is 0 Å². The lowest BCUT2D eigenvalue weighted by atomic mass is 10.0. The van der Waals surface area contributed by atoms with Gasteiger partial charge in [0.25, 0.3) is 0 Å². The van der Waals surface area contributed by atoms with Crippen LogP contribution in [0.5, 0.6) is 0 Å². The molecule has 1 aromatic carbocycles. The Balaban J connectivity index is 1.41. The maximum Gasteiger partial charge on any atom is 0.243 e.